The monoisotopic (exact) mass is 365 g/mol. The molecule has 3 aliphatic heterocycles. The number of likely N-dealkylation sites (N-methyl/N-ethyl adjacent to an activating group) is 1. The van der Waals surface area contributed by atoms with Gasteiger partial charge in [-0.1, -0.05) is 6.92 Å². The fourth-order valence-electron chi connectivity index (χ4n) is 5.19. The first-order chi connectivity index (χ1) is 12.1. The Morgan fingerprint density at radius 1 is 1.50 bits per heavy atom. The average molecular weight is 365 g/mol. The summed E-state index contributed by atoms with van der Waals surface area (Å²) in [5, 5.41) is 27.1. The number of carboxylic acid groups (broad SMARTS) is 1. The zero-order valence-electron chi connectivity index (χ0n) is 15.6. The summed E-state index contributed by atoms with van der Waals surface area (Å²) < 4.78 is 0.697. The van der Waals surface area contributed by atoms with Crippen molar-refractivity contribution in [2.45, 2.75) is 38.8 Å². The van der Waals surface area contributed by atoms with Crippen LogP contribution in [0.2, 0.25) is 0 Å². The van der Waals surface area contributed by atoms with Gasteiger partial charge in [-0.2, -0.15) is 0 Å². The number of hydrogen-bond acceptors (Lipinski definition) is 4. The predicted molar refractivity (Wildman–Crippen MR) is 95.1 cm³/mol. The van der Waals surface area contributed by atoms with Crippen LogP contribution in [0.25, 0.3) is 0 Å². The van der Waals surface area contributed by atoms with Gasteiger partial charge in [0.25, 0.3) is 0 Å². The van der Waals surface area contributed by atoms with Gasteiger partial charge >= 0.3 is 5.97 Å². The lowest BCUT2D eigenvalue weighted by Crippen LogP contribution is -2.63. The Labute approximate surface area is 153 Å². The van der Waals surface area contributed by atoms with Gasteiger partial charge in [0.15, 0.2) is 0 Å². The van der Waals surface area contributed by atoms with Crippen molar-refractivity contribution in [2.75, 3.05) is 26.7 Å². The fraction of sp³-hybridized carbons (Fsp3) is 0.722. The molecule has 144 valence electrons. The SMILES string of the molecule is C[C@@H](O)[C@H]1C(=O)N2C(C(=O)O)=C(C[N+]3(C)CC[C@H](CC(=N)N)C3)[C@H](C)[C@H]12. The van der Waals surface area contributed by atoms with Gasteiger partial charge < -0.3 is 25.3 Å². The van der Waals surface area contributed by atoms with Crippen LogP contribution in [-0.4, -0.2) is 76.1 Å². The molecule has 2 saturated heterocycles. The van der Waals surface area contributed by atoms with Crippen LogP contribution in [0.5, 0.6) is 0 Å². The number of carboxylic acids is 1. The molecule has 1 unspecified atom stereocenters. The fourth-order valence-corrected chi connectivity index (χ4v) is 5.19. The standard InChI is InChI=1S/C18H28N4O4/c1-9-12(8-22(3)5-4-11(7-22)6-13(19)20)16(18(25)26)21-15(9)14(10(2)23)17(21)24/h9-11,14-15,23H,4-8H2,1-3H3,(H3-,19,20,25,26)/p+1/t9-,10+,11+,14+,15+,22?/m0/s1. The molecule has 3 aliphatic rings. The third kappa shape index (κ3) is 2.91. The molecule has 0 bridgehead atoms. The number of amidine groups is 1. The first-order valence-electron chi connectivity index (χ1n) is 9.19. The third-order valence-corrected chi connectivity index (χ3v) is 6.35. The summed E-state index contributed by atoms with van der Waals surface area (Å²) in [4.78, 5) is 25.7. The van der Waals surface area contributed by atoms with E-state index in [1.54, 1.807) is 6.92 Å². The van der Waals surface area contributed by atoms with E-state index < -0.39 is 18.0 Å². The van der Waals surface area contributed by atoms with E-state index in [9.17, 15) is 19.8 Å². The number of aliphatic carboxylic acids is 1. The zero-order valence-corrected chi connectivity index (χ0v) is 15.6. The largest absolute Gasteiger partial charge is 0.477 e. The van der Waals surface area contributed by atoms with Gasteiger partial charge in [-0.25, -0.2) is 4.79 Å². The minimum atomic E-state index is -1.07. The Bertz CT molecular complexity index is 689. The molecule has 0 radical (unpaired) electrons. The normalized spacial score (nSPS) is 37.5. The molecule has 26 heavy (non-hydrogen) atoms. The number of likely N-dealkylation sites (tertiary alicyclic amines) is 1. The molecule has 0 aromatic heterocycles. The Morgan fingerprint density at radius 2 is 2.15 bits per heavy atom. The first kappa shape index (κ1) is 18.8. The maximum absolute atomic E-state index is 12.4. The van der Waals surface area contributed by atoms with Crippen LogP contribution in [0.3, 0.4) is 0 Å². The molecule has 0 aromatic rings. The van der Waals surface area contributed by atoms with Gasteiger partial charge in [-0.3, -0.25) is 10.2 Å². The summed E-state index contributed by atoms with van der Waals surface area (Å²) in [5.74, 6) is -1.43. The summed E-state index contributed by atoms with van der Waals surface area (Å²) in [5.41, 5.74) is 6.44. The number of aliphatic hydroxyl groups excluding tert-OH is 1. The van der Waals surface area contributed by atoms with Crippen molar-refractivity contribution in [3.05, 3.63) is 11.3 Å². The molecule has 3 heterocycles. The summed E-state index contributed by atoms with van der Waals surface area (Å²) in [6, 6.07) is -0.259. The number of nitrogens with two attached hydrogens (primary N) is 1. The van der Waals surface area contributed by atoms with Gasteiger partial charge in [0.1, 0.15) is 12.2 Å². The maximum atomic E-state index is 12.4. The number of aliphatic hydroxyl groups is 1. The summed E-state index contributed by atoms with van der Waals surface area (Å²) in [6.07, 6.45) is 0.755. The number of fused-ring (bicyclic) bond motifs is 1. The maximum Gasteiger partial charge on any atom is 0.352 e. The number of amides is 1. The van der Waals surface area contributed by atoms with Crippen molar-refractivity contribution in [3.63, 3.8) is 0 Å². The number of rotatable bonds is 6. The average Bonchev–Trinajstić information content (AvgIpc) is 2.96. The highest BCUT2D eigenvalue weighted by Gasteiger charge is 2.60. The lowest BCUT2D eigenvalue weighted by Gasteiger charge is -2.46. The number of carbonyl (C=O) groups is 2. The van der Waals surface area contributed by atoms with Crippen molar-refractivity contribution in [1.29, 1.82) is 5.41 Å². The zero-order chi connectivity index (χ0) is 19.4. The smallest absolute Gasteiger partial charge is 0.352 e. The highest BCUT2D eigenvalue weighted by molar-refractivity contribution is 6.00. The summed E-state index contributed by atoms with van der Waals surface area (Å²) >= 11 is 0. The van der Waals surface area contributed by atoms with Gasteiger partial charge in [-0.05, 0) is 6.92 Å². The molecule has 1 amide bonds. The molecule has 2 fully saturated rings. The second-order valence-corrected chi connectivity index (χ2v) is 8.50. The van der Waals surface area contributed by atoms with Crippen LogP contribution in [0.4, 0.5) is 0 Å². The Balaban J connectivity index is 1.84. The molecule has 3 rings (SSSR count). The molecule has 5 N–H and O–H groups in total. The van der Waals surface area contributed by atoms with E-state index in [0.717, 1.165) is 25.1 Å². The van der Waals surface area contributed by atoms with E-state index >= 15 is 0 Å². The molecular formula is C18H29N4O4+. The summed E-state index contributed by atoms with van der Waals surface area (Å²) in [6.45, 7) is 5.87. The summed E-state index contributed by atoms with van der Waals surface area (Å²) in [7, 11) is 2.10. The number of carbonyl (C=O) groups excluding carboxylic acids is 1. The van der Waals surface area contributed by atoms with Gasteiger partial charge in [0.05, 0.1) is 44.0 Å². The molecule has 0 saturated carbocycles. The van der Waals surface area contributed by atoms with Gasteiger partial charge in [-0.15, -0.1) is 0 Å². The minimum Gasteiger partial charge on any atom is -0.477 e. The van der Waals surface area contributed by atoms with Crippen molar-refractivity contribution in [1.82, 2.24) is 4.90 Å². The molecule has 8 nitrogen and oxygen atoms in total. The Hall–Kier alpha value is -1.93. The lowest BCUT2D eigenvalue weighted by molar-refractivity contribution is -0.894. The highest BCUT2D eigenvalue weighted by Crippen LogP contribution is 2.48. The van der Waals surface area contributed by atoms with Crippen LogP contribution in [0.15, 0.2) is 11.3 Å². The van der Waals surface area contributed by atoms with Crippen molar-refractivity contribution in [3.8, 4) is 0 Å². The van der Waals surface area contributed by atoms with E-state index in [1.165, 1.54) is 4.90 Å². The number of nitrogens with zero attached hydrogens (tertiary/aromatic N) is 2. The molecule has 6 atom stereocenters. The van der Waals surface area contributed by atoms with Gasteiger partial charge in [0, 0.05) is 30.3 Å². The second-order valence-electron chi connectivity index (χ2n) is 8.50. The van der Waals surface area contributed by atoms with E-state index in [1.807, 2.05) is 6.92 Å². The van der Waals surface area contributed by atoms with Crippen molar-refractivity contribution in [2.24, 2.45) is 23.5 Å². The lowest BCUT2D eigenvalue weighted by atomic mass is 9.77. The number of β-lactam (4-membered cyclic amide) rings is 1. The van der Waals surface area contributed by atoms with Crippen LogP contribution >= 0.6 is 0 Å². The number of nitrogens with one attached hydrogen (secondary N) is 1. The van der Waals surface area contributed by atoms with Crippen LogP contribution in [0, 0.1) is 23.2 Å². The van der Waals surface area contributed by atoms with Crippen LogP contribution < -0.4 is 5.73 Å². The molecule has 0 aromatic carbocycles. The first-order valence-corrected chi connectivity index (χ1v) is 9.19. The third-order valence-electron chi connectivity index (χ3n) is 6.35. The van der Waals surface area contributed by atoms with Crippen LogP contribution in [-0.2, 0) is 9.59 Å². The molecule has 0 spiro atoms. The Kier molecular flexibility index (Phi) is 4.60. The minimum absolute atomic E-state index is 0.0831. The van der Waals surface area contributed by atoms with Crippen LogP contribution in [0.1, 0.15) is 26.7 Å². The number of quaternary nitrogens is 1. The van der Waals surface area contributed by atoms with E-state index in [2.05, 4.69) is 7.05 Å². The molecular weight excluding hydrogens is 336 g/mol. The predicted octanol–water partition coefficient (Wildman–Crippen LogP) is -0.0248. The second kappa shape index (κ2) is 6.35. The Morgan fingerprint density at radius 3 is 2.69 bits per heavy atom. The van der Waals surface area contributed by atoms with Crippen molar-refractivity contribution < 1.29 is 24.3 Å². The van der Waals surface area contributed by atoms with Crippen molar-refractivity contribution >= 4 is 17.7 Å². The highest BCUT2D eigenvalue weighted by atomic mass is 16.4. The quantitative estimate of drug-likeness (QED) is 0.228. The molecule has 8 heteroatoms. The number of hydrogen-bond donors (Lipinski definition) is 4. The van der Waals surface area contributed by atoms with E-state index in [4.69, 9.17) is 11.1 Å². The van der Waals surface area contributed by atoms with E-state index in [-0.39, 0.29) is 29.4 Å². The topological polar surface area (TPSA) is 128 Å². The van der Waals surface area contributed by atoms with E-state index in [0.29, 0.717) is 23.4 Å². The van der Waals surface area contributed by atoms with Gasteiger partial charge in [0.2, 0.25) is 5.91 Å². The molecule has 0 aliphatic carbocycles.